The molecule has 0 aliphatic carbocycles. The van der Waals surface area contributed by atoms with E-state index < -0.39 is 0 Å². The van der Waals surface area contributed by atoms with E-state index in [1.54, 1.807) is 36.3 Å². The highest BCUT2D eigenvalue weighted by molar-refractivity contribution is 5.37. The van der Waals surface area contributed by atoms with Crippen LogP contribution < -0.4 is 10.1 Å². The quantitative estimate of drug-likeness (QED) is 0.932. The molecule has 0 saturated heterocycles. The molecule has 0 amide bonds. The van der Waals surface area contributed by atoms with Gasteiger partial charge in [0.25, 0.3) is 0 Å². The topological polar surface area (TPSA) is 39.1 Å². The van der Waals surface area contributed by atoms with Gasteiger partial charge in [-0.3, -0.25) is 4.68 Å². The SMILES string of the molecule is Cn1cc(Oc2cccc(F)c2CNC(C)(C)C)cn1. The van der Waals surface area contributed by atoms with Crippen molar-refractivity contribution >= 4 is 0 Å². The number of ether oxygens (including phenoxy) is 1. The largest absolute Gasteiger partial charge is 0.454 e. The number of nitrogens with zero attached hydrogens (tertiary/aromatic N) is 2. The van der Waals surface area contributed by atoms with Crippen LogP contribution in [0.3, 0.4) is 0 Å². The molecule has 2 aromatic rings. The Morgan fingerprint density at radius 1 is 1.35 bits per heavy atom. The van der Waals surface area contributed by atoms with Crippen molar-refractivity contribution in [2.24, 2.45) is 7.05 Å². The highest BCUT2D eigenvalue weighted by atomic mass is 19.1. The summed E-state index contributed by atoms with van der Waals surface area (Å²) in [5.74, 6) is 0.827. The number of halogens is 1. The lowest BCUT2D eigenvalue weighted by atomic mass is 10.1. The minimum atomic E-state index is -0.275. The second-order valence-electron chi connectivity index (χ2n) is 5.77. The Hall–Kier alpha value is -1.88. The predicted molar refractivity (Wildman–Crippen MR) is 76.3 cm³/mol. The Morgan fingerprint density at radius 2 is 2.10 bits per heavy atom. The van der Waals surface area contributed by atoms with Crippen LogP contribution in [-0.2, 0) is 13.6 Å². The summed E-state index contributed by atoms with van der Waals surface area (Å²) < 4.78 is 21.3. The maximum absolute atomic E-state index is 14.0. The highest BCUT2D eigenvalue weighted by Gasteiger charge is 2.15. The van der Waals surface area contributed by atoms with Gasteiger partial charge >= 0.3 is 0 Å². The van der Waals surface area contributed by atoms with E-state index in [1.807, 2.05) is 20.8 Å². The van der Waals surface area contributed by atoms with Crippen LogP contribution >= 0.6 is 0 Å². The third-order valence-electron chi connectivity index (χ3n) is 2.78. The van der Waals surface area contributed by atoms with E-state index in [0.29, 0.717) is 23.6 Å². The van der Waals surface area contributed by atoms with E-state index >= 15 is 0 Å². The lowest BCUT2D eigenvalue weighted by Crippen LogP contribution is -2.35. The van der Waals surface area contributed by atoms with Gasteiger partial charge in [0.05, 0.1) is 12.4 Å². The van der Waals surface area contributed by atoms with Gasteiger partial charge in [-0.25, -0.2) is 4.39 Å². The minimum Gasteiger partial charge on any atom is -0.454 e. The van der Waals surface area contributed by atoms with Crippen molar-refractivity contribution in [2.75, 3.05) is 0 Å². The highest BCUT2D eigenvalue weighted by Crippen LogP contribution is 2.27. The number of hydrogen-bond acceptors (Lipinski definition) is 3. The summed E-state index contributed by atoms with van der Waals surface area (Å²) >= 11 is 0. The average Bonchev–Trinajstić information content (AvgIpc) is 2.73. The number of aromatic nitrogens is 2. The predicted octanol–water partition coefficient (Wildman–Crippen LogP) is 3.24. The number of nitrogens with one attached hydrogen (secondary N) is 1. The Labute approximate surface area is 118 Å². The van der Waals surface area contributed by atoms with E-state index in [0.717, 1.165) is 0 Å². The van der Waals surface area contributed by atoms with Gasteiger partial charge in [0.2, 0.25) is 0 Å². The molecule has 0 unspecified atom stereocenters. The zero-order chi connectivity index (χ0) is 14.8. The average molecular weight is 277 g/mol. The number of rotatable bonds is 4. The maximum Gasteiger partial charge on any atom is 0.165 e. The van der Waals surface area contributed by atoms with Crippen LogP contribution in [0.5, 0.6) is 11.5 Å². The van der Waals surface area contributed by atoms with Crippen molar-refractivity contribution in [3.8, 4) is 11.5 Å². The molecule has 0 saturated carbocycles. The second kappa shape index (κ2) is 5.63. The van der Waals surface area contributed by atoms with Crippen molar-refractivity contribution in [3.63, 3.8) is 0 Å². The Bertz CT molecular complexity index is 587. The van der Waals surface area contributed by atoms with Gasteiger partial charge in [0, 0.05) is 24.7 Å². The molecule has 1 heterocycles. The van der Waals surface area contributed by atoms with Gasteiger partial charge in [0.15, 0.2) is 5.75 Å². The maximum atomic E-state index is 14.0. The van der Waals surface area contributed by atoms with Crippen LogP contribution in [0, 0.1) is 5.82 Å². The fourth-order valence-corrected chi connectivity index (χ4v) is 1.74. The number of aryl methyl sites for hydroxylation is 1. The molecule has 0 bridgehead atoms. The Morgan fingerprint density at radius 3 is 2.70 bits per heavy atom. The molecule has 1 aromatic heterocycles. The van der Waals surface area contributed by atoms with Crippen molar-refractivity contribution in [1.82, 2.24) is 15.1 Å². The molecule has 0 aliphatic rings. The van der Waals surface area contributed by atoms with Crippen molar-refractivity contribution in [3.05, 3.63) is 42.0 Å². The molecule has 0 radical (unpaired) electrons. The molecular weight excluding hydrogens is 257 g/mol. The summed E-state index contributed by atoms with van der Waals surface area (Å²) in [4.78, 5) is 0. The molecule has 20 heavy (non-hydrogen) atoms. The molecule has 108 valence electrons. The van der Waals surface area contributed by atoms with Gasteiger partial charge in [-0.05, 0) is 32.9 Å². The van der Waals surface area contributed by atoms with Crippen LogP contribution in [0.15, 0.2) is 30.6 Å². The minimum absolute atomic E-state index is 0.0894. The zero-order valence-electron chi connectivity index (χ0n) is 12.3. The summed E-state index contributed by atoms with van der Waals surface area (Å²) in [6.07, 6.45) is 3.34. The van der Waals surface area contributed by atoms with Gasteiger partial charge in [0.1, 0.15) is 11.6 Å². The first-order valence-electron chi connectivity index (χ1n) is 6.54. The monoisotopic (exact) mass is 277 g/mol. The third kappa shape index (κ3) is 3.81. The fraction of sp³-hybridized carbons (Fsp3) is 0.400. The van der Waals surface area contributed by atoms with Crippen LogP contribution in [-0.4, -0.2) is 15.3 Å². The molecule has 0 atom stereocenters. The summed E-state index contributed by atoms with van der Waals surface area (Å²) in [5, 5.41) is 7.30. The standard InChI is InChI=1S/C15H20FN3O/c1-15(2,3)17-9-12-13(16)6-5-7-14(12)20-11-8-18-19(4)10-11/h5-8,10,17H,9H2,1-4H3. The van der Waals surface area contributed by atoms with Crippen LogP contribution in [0.1, 0.15) is 26.3 Å². The zero-order valence-corrected chi connectivity index (χ0v) is 12.3. The summed E-state index contributed by atoms with van der Waals surface area (Å²) in [6, 6.07) is 4.84. The summed E-state index contributed by atoms with van der Waals surface area (Å²) in [7, 11) is 1.81. The van der Waals surface area contributed by atoms with Crippen LogP contribution in [0.4, 0.5) is 4.39 Å². The van der Waals surface area contributed by atoms with Gasteiger partial charge in [-0.15, -0.1) is 0 Å². The first-order valence-corrected chi connectivity index (χ1v) is 6.54. The molecule has 1 aromatic carbocycles. The molecule has 5 heteroatoms. The van der Waals surface area contributed by atoms with Crippen molar-refractivity contribution in [2.45, 2.75) is 32.9 Å². The van der Waals surface area contributed by atoms with Gasteiger partial charge in [-0.1, -0.05) is 6.07 Å². The van der Waals surface area contributed by atoms with Crippen LogP contribution in [0.2, 0.25) is 0 Å². The van der Waals surface area contributed by atoms with E-state index in [-0.39, 0.29) is 11.4 Å². The Balaban J connectivity index is 2.21. The third-order valence-corrected chi connectivity index (χ3v) is 2.78. The summed E-state index contributed by atoms with van der Waals surface area (Å²) in [6.45, 7) is 6.52. The first-order chi connectivity index (χ1) is 9.35. The lowest BCUT2D eigenvalue weighted by Gasteiger charge is -2.21. The number of benzene rings is 1. The number of hydrogen-bond donors (Lipinski definition) is 1. The van der Waals surface area contributed by atoms with Crippen molar-refractivity contribution in [1.29, 1.82) is 0 Å². The second-order valence-corrected chi connectivity index (χ2v) is 5.77. The summed E-state index contributed by atoms with van der Waals surface area (Å²) in [5.41, 5.74) is 0.430. The molecule has 0 fully saturated rings. The molecular formula is C15H20FN3O. The molecule has 0 spiro atoms. The van der Waals surface area contributed by atoms with Crippen molar-refractivity contribution < 1.29 is 9.13 Å². The lowest BCUT2D eigenvalue weighted by molar-refractivity contribution is 0.406. The molecule has 4 nitrogen and oxygen atoms in total. The van der Waals surface area contributed by atoms with Gasteiger partial charge < -0.3 is 10.1 Å². The molecule has 0 aliphatic heterocycles. The van der Waals surface area contributed by atoms with Gasteiger partial charge in [-0.2, -0.15) is 5.10 Å². The molecule has 1 N–H and O–H groups in total. The molecule has 2 rings (SSSR count). The van der Waals surface area contributed by atoms with E-state index in [1.165, 1.54) is 6.07 Å². The normalized spacial score (nSPS) is 11.7. The van der Waals surface area contributed by atoms with Crippen LogP contribution in [0.25, 0.3) is 0 Å². The first kappa shape index (κ1) is 14.5. The Kier molecular flexibility index (Phi) is 4.09. The van der Waals surface area contributed by atoms with E-state index in [9.17, 15) is 4.39 Å². The smallest absolute Gasteiger partial charge is 0.165 e. The van der Waals surface area contributed by atoms with E-state index in [4.69, 9.17) is 4.74 Å². The fourth-order valence-electron chi connectivity index (χ4n) is 1.74. The van der Waals surface area contributed by atoms with E-state index in [2.05, 4.69) is 10.4 Å².